The van der Waals surface area contributed by atoms with Crippen LogP contribution >= 0.6 is 23.1 Å². The summed E-state index contributed by atoms with van der Waals surface area (Å²) in [5.41, 5.74) is 1.80. The molecule has 0 aliphatic heterocycles. The van der Waals surface area contributed by atoms with Crippen LogP contribution in [0.2, 0.25) is 0 Å². The first-order chi connectivity index (χ1) is 11.6. The standard InChI is InChI=1S/C16H19N5OS2/c1-3-10-4-5-11-12(7-17)15(24-13(11)6-10)19-14(22)8-23-16-20-18-9-21(16)2/h9-10H,3-6,8H2,1-2H3,(H,19,22). The number of rotatable bonds is 5. The monoisotopic (exact) mass is 361 g/mol. The fourth-order valence-corrected chi connectivity index (χ4v) is 4.92. The number of nitrogens with zero attached hydrogens (tertiary/aromatic N) is 4. The Labute approximate surface area is 149 Å². The molecule has 1 atom stereocenters. The number of amides is 1. The van der Waals surface area contributed by atoms with Crippen molar-refractivity contribution in [2.45, 2.75) is 37.8 Å². The Morgan fingerprint density at radius 2 is 2.46 bits per heavy atom. The minimum atomic E-state index is -0.120. The van der Waals surface area contributed by atoms with Gasteiger partial charge in [-0.2, -0.15) is 5.26 Å². The number of aromatic nitrogens is 3. The van der Waals surface area contributed by atoms with Crippen molar-refractivity contribution in [3.63, 3.8) is 0 Å². The second-order valence-electron chi connectivity index (χ2n) is 5.90. The van der Waals surface area contributed by atoms with Crippen LogP contribution in [-0.4, -0.2) is 26.4 Å². The molecule has 2 heterocycles. The lowest BCUT2D eigenvalue weighted by molar-refractivity contribution is -0.113. The Balaban J connectivity index is 1.69. The summed E-state index contributed by atoms with van der Waals surface area (Å²) < 4.78 is 1.77. The van der Waals surface area contributed by atoms with Gasteiger partial charge in [-0.3, -0.25) is 4.79 Å². The molecule has 6 nitrogen and oxygen atoms in total. The van der Waals surface area contributed by atoms with Crippen LogP contribution in [0.25, 0.3) is 0 Å². The molecular weight excluding hydrogens is 342 g/mol. The Kier molecular flexibility index (Phi) is 5.21. The quantitative estimate of drug-likeness (QED) is 0.828. The summed E-state index contributed by atoms with van der Waals surface area (Å²) in [6.45, 7) is 2.21. The molecule has 2 aromatic heterocycles. The fraction of sp³-hybridized carbons (Fsp3) is 0.500. The van der Waals surface area contributed by atoms with E-state index in [2.05, 4.69) is 28.5 Å². The van der Waals surface area contributed by atoms with Gasteiger partial charge in [0.1, 0.15) is 17.4 Å². The predicted octanol–water partition coefficient (Wildman–Crippen LogP) is 2.99. The van der Waals surface area contributed by atoms with E-state index >= 15 is 0 Å². The van der Waals surface area contributed by atoms with Crippen LogP contribution in [0.5, 0.6) is 0 Å². The summed E-state index contributed by atoms with van der Waals surface area (Å²) in [7, 11) is 1.84. The van der Waals surface area contributed by atoms with E-state index in [1.165, 1.54) is 16.6 Å². The van der Waals surface area contributed by atoms with Crippen molar-refractivity contribution in [2.75, 3.05) is 11.1 Å². The molecule has 0 fully saturated rings. The summed E-state index contributed by atoms with van der Waals surface area (Å²) in [6.07, 6.45) is 5.86. The third kappa shape index (κ3) is 3.47. The molecule has 0 saturated carbocycles. The molecule has 3 rings (SSSR count). The Hall–Kier alpha value is -1.85. The molecule has 24 heavy (non-hydrogen) atoms. The smallest absolute Gasteiger partial charge is 0.235 e. The van der Waals surface area contributed by atoms with E-state index in [-0.39, 0.29) is 11.7 Å². The van der Waals surface area contributed by atoms with Crippen molar-refractivity contribution >= 4 is 34.0 Å². The van der Waals surface area contributed by atoms with Crippen molar-refractivity contribution < 1.29 is 4.79 Å². The number of nitriles is 1. The molecule has 0 radical (unpaired) electrons. The van der Waals surface area contributed by atoms with Gasteiger partial charge in [0, 0.05) is 11.9 Å². The van der Waals surface area contributed by atoms with Gasteiger partial charge < -0.3 is 9.88 Å². The second kappa shape index (κ2) is 7.36. The summed E-state index contributed by atoms with van der Waals surface area (Å²) in [5.74, 6) is 0.820. The summed E-state index contributed by atoms with van der Waals surface area (Å²) >= 11 is 2.90. The van der Waals surface area contributed by atoms with E-state index < -0.39 is 0 Å². The number of carbonyl (C=O) groups excluding carboxylic acids is 1. The van der Waals surface area contributed by atoms with Crippen molar-refractivity contribution in [3.8, 4) is 6.07 Å². The molecule has 0 aromatic carbocycles. The van der Waals surface area contributed by atoms with Crippen LogP contribution in [0.3, 0.4) is 0 Å². The average molecular weight is 361 g/mol. The largest absolute Gasteiger partial charge is 0.316 e. The van der Waals surface area contributed by atoms with Gasteiger partial charge in [0.15, 0.2) is 5.16 Å². The number of hydrogen-bond donors (Lipinski definition) is 1. The van der Waals surface area contributed by atoms with E-state index in [9.17, 15) is 10.1 Å². The van der Waals surface area contributed by atoms with Gasteiger partial charge in [0.2, 0.25) is 5.91 Å². The minimum absolute atomic E-state index is 0.120. The van der Waals surface area contributed by atoms with Crippen LogP contribution < -0.4 is 5.32 Å². The maximum absolute atomic E-state index is 12.2. The van der Waals surface area contributed by atoms with Gasteiger partial charge in [-0.25, -0.2) is 0 Å². The number of fused-ring (bicyclic) bond motifs is 1. The first-order valence-corrected chi connectivity index (χ1v) is 9.73. The molecule has 126 valence electrons. The average Bonchev–Trinajstić information content (AvgIpc) is 3.14. The maximum atomic E-state index is 12.2. The molecule has 1 N–H and O–H groups in total. The van der Waals surface area contributed by atoms with E-state index in [4.69, 9.17) is 0 Å². The van der Waals surface area contributed by atoms with Gasteiger partial charge in [-0.05, 0) is 30.7 Å². The summed E-state index contributed by atoms with van der Waals surface area (Å²) in [6, 6.07) is 2.28. The number of carbonyl (C=O) groups is 1. The van der Waals surface area contributed by atoms with Crippen LogP contribution in [0.15, 0.2) is 11.5 Å². The number of thiophene rings is 1. The zero-order chi connectivity index (χ0) is 17.1. The lowest BCUT2D eigenvalue weighted by atomic mass is 9.86. The first-order valence-electron chi connectivity index (χ1n) is 7.93. The number of aryl methyl sites for hydroxylation is 1. The SMILES string of the molecule is CCC1CCc2c(sc(NC(=O)CSc3nncn3C)c2C#N)C1. The van der Waals surface area contributed by atoms with Crippen molar-refractivity contribution in [2.24, 2.45) is 13.0 Å². The van der Waals surface area contributed by atoms with E-state index in [0.29, 0.717) is 21.6 Å². The summed E-state index contributed by atoms with van der Waals surface area (Å²) in [4.78, 5) is 13.5. The molecule has 0 saturated heterocycles. The van der Waals surface area contributed by atoms with Crippen LogP contribution in [-0.2, 0) is 24.7 Å². The Bertz CT molecular complexity index is 789. The number of thioether (sulfide) groups is 1. The normalized spacial score (nSPS) is 16.5. The molecule has 1 unspecified atom stereocenters. The Morgan fingerprint density at radius 3 is 3.12 bits per heavy atom. The maximum Gasteiger partial charge on any atom is 0.235 e. The predicted molar refractivity (Wildman–Crippen MR) is 95.2 cm³/mol. The van der Waals surface area contributed by atoms with E-state index in [1.807, 2.05) is 7.05 Å². The third-order valence-corrected chi connectivity index (χ3v) is 6.52. The zero-order valence-corrected chi connectivity index (χ0v) is 15.3. The topological polar surface area (TPSA) is 83.6 Å². The van der Waals surface area contributed by atoms with Crippen LogP contribution in [0, 0.1) is 17.2 Å². The fourth-order valence-electron chi connectivity index (χ4n) is 2.91. The highest BCUT2D eigenvalue weighted by atomic mass is 32.2. The highest BCUT2D eigenvalue weighted by Crippen LogP contribution is 2.40. The molecule has 2 aromatic rings. The van der Waals surface area contributed by atoms with Gasteiger partial charge in [-0.1, -0.05) is 25.1 Å². The summed E-state index contributed by atoms with van der Waals surface area (Å²) in [5, 5.41) is 21.5. The minimum Gasteiger partial charge on any atom is -0.316 e. The third-order valence-electron chi connectivity index (χ3n) is 4.31. The molecule has 1 aliphatic carbocycles. The zero-order valence-electron chi connectivity index (χ0n) is 13.7. The van der Waals surface area contributed by atoms with Crippen LogP contribution in [0.1, 0.15) is 35.8 Å². The highest BCUT2D eigenvalue weighted by Gasteiger charge is 2.25. The number of anilines is 1. The van der Waals surface area contributed by atoms with Gasteiger partial charge in [-0.15, -0.1) is 21.5 Å². The first kappa shape index (κ1) is 17.0. The molecule has 1 amide bonds. The molecule has 0 bridgehead atoms. The van der Waals surface area contributed by atoms with Crippen LogP contribution in [0.4, 0.5) is 5.00 Å². The molecule has 0 spiro atoms. The van der Waals surface area contributed by atoms with Gasteiger partial charge in [0.05, 0.1) is 11.3 Å². The van der Waals surface area contributed by atoms with Crippen molar-refractivity contribution in [1.82, 2.24) is 14.8 Å². The molecule has 8 heteroatoms. The van der Waals surface area contributed by atoms with Gasteiger partial charge >= 0.3 is 0 Å². The lowest BCUT2D eigenvalue weighted by Crippen LogP contribution is -2.14. The highest BCUT2D eigenvalue weighted by molar-refractivity contribution is 7.99. The molecular formula is C16H19N5OS2. The second-order valence-corrected chi connectivity index (χ2v) is 7.95. The van der Waals surface area contributed by atoms with Crippen molar-refractivity contribution in [3.05, 3.63) is 22.3 Å². The molecule has 1 aliphatic rings. The van der Waals surface area contributed by atoms with E-state index in [1.54, 1.807) is 22.2 Å². The number of hydrogen-bond acceptors (Lipinski definition) is 6. The van der Waals surface area contributed by atoms with E-state index in [0.717, 1.165) is 31.2 Å². The van der Waals surface area contributed by atoms with Gasteiger partial charge in [0.25, 0.3) is 0 Å². The lowest BCUT2D eigenvalue weighted by Gasteiger charge is -2.20. The Morgan fingerprint density at radius 1 is 1.62 bits per heavy atom. The number of nitrogens with one attached hydrogen (secondary N) is 1. The van der Waals surface area contributed by atoms with Crippen molar-refractivity contribution in [1.29, 1.82) is 5.26 Å².